The number of hydrogen-bond acceptors (Lipinski definition) is 7. The number of amides is 2. The van der Waals surface area contributed by atoms with Crippen LogP contribution in [0.25, 0.3) is 0 Å². The Kier molecular flexibility index (Phi) is 6.04. The SMILES string of the molecule is COc1ccc([C@H](C)N2C[C@]34C=C[C@H](O3)[C@H](C(=O)Nc3cc(OC)c(OC)c(OC)c3)[C@@H]4C2=O)cc1. The molecule has 1 N–H and O–H groups in total. The van der Waals surface area contributed by atoms with Crippen molar-refractivity contribution >= 4 is 17.5 Å². The predicted octanol–water partition coefficient (Wildman–Crippen LogP) is 3.20. The maximum atomic E-state index is 13.7. The van der Waals surface area contributed by atoms with Gasteiger partial charge in [-0.15, -0.1) is 0 Å². The van der Waals surface area contributed by atoms with Crippen molar-refractivity contribution in [1.29, 1.82) is 0 Å². The first-order chi connectivity index (χ1) is 17.4. The fraction of sp³-hybridized carbons (Fsp3) is 0.407. The quantitative estimate of drug-likeness (QED) is 0.563. The number of carbonyl (C=O) groups is 2. The van der Waals surface area contributed by atoms with E-state index in [4.69, 9.17) is 23.7 Å². The summed E-state index contributed by atoms with van der Waals surface area (Å²) in [6.07, 6.45) is 3.38. The molecule has 2 fully saturated rings. The molecule has 0 aromatic heterocycles. The molecule has 0 aliphatic carbocycles. The molecule has 2 aromatic carbocycles. The molecule has 0 unspecified atom stereocenters. The van der Waals surface area contributed by atoms with Crippen LogP contribution in [0.15, 0.2) is 48.6 Å². The van der Waals surface area contributed by atoms with Gasteiger partial charge in [0.15, 0.2) is 11.5 Å². The minimum atomic E-state index is -0.806. The van der Waals surface area contributed by atoms with Crippen LogP contribution in [0.2, 0.25) is 0 Å². The van der Waals surface area contributed by atoms with E-state index in [0.717, 1.165) is 11.3 Å². The lowest BCUT2D eigenvalue weighted by molar-refractivity contribution is -0.137. The Morgan fingerprint density at radius 2 is 1.72 bits per heavy atom. The molecule has 2 amide bonds. The summed E-state index contributed by atoms with van der Waals surface area (Å²) in [5.41, 5.74) is 0.654. The van der Waals surface area contributed by atoms with E-state index in [-0.39, 0.29) is 17.9 Å². The predicted molar refractivity (Wildman–Crippen MR) is 132 cm³/mol. The topological polar surface area (TPSA) is 95.6 Å². The molecule has 5 rings (SSSR count). The van der Waals surface area contributed by atoms with Crippen molar-refractivity contribution < 1.29 is 33.3 Å². The van der Waals surface area contributed by atoms with Gasteiger partial charge in [-0.2, -0.15) is 0 Å². The summed E-state index contributed by atoms with van der Waals surface area (Å²) in [5.74, 6) is 0.381. The van der Waals surface area contributed by atoms with Crippen molar-refractivity contribution in [2.75, 3.05) is 40.3 Å². The van der Waals surface area contributed by atoms with Gasteiger partial charge >= 0.3 is 0 Å². The lowest BCUT2D eigenvalue weighted by Gasteiger charge is -2.28. The van der Waals surface area contributed by atoms with Crippen LogP contribution in [0, 0.1) is 11.8 Å². The standard InChI is InChI=1S/C27H30N2O7/c1-15(16-6-8-18(32-2)9-7-16)29-14-27-11-10-19(36-27)22(23(27)26(29)31)25(30)28-17-12-20(33-3)24(35-5)21(13-17)34-4/h6-13,15,19,22-23H,14H2,1-5H3,(H,28,30)/t15-,19-,22-,23+,27-/m0/s1. The second kappa shape index (κ2) is 9.05. The van der Waals surface area contributed by atoms with Gasteiger partial charge in [0.05, 0.1) is 59.0 Å². The Balaban J connectivity index is 1.39. The number of likely N-dealkylation sites (tertiary alicyclic amines) is 1. The monoisotopic (exact) mass is 494 g/mol. The maximum absolute atomic E-state index is 13.7. The third kappa shape index (κ3) is 3.65. The van der Waals surface area contributed by atoms with E-state index in [0.29, 0.717) is 29.5 Å². The molecule has 2 bridgehead atoms. The van der Waals surface area contributed by atoms with Gasteiger partial charge in [-0.05, 0) is 24.6 Å². The van der Waals surface area contributed by atoms with Crippen LogP contribution < -0.4 is 24.3 Å². The zero-order valence-corrected chi connectivity index (χ0v) is 20.9. The zero-order chi connectivity index (χ0) is 25.6. The Morgan fingerprint density at radius 1 is 1.06 bits per heavy atom. The molecule has 0 radical (unpaired) electrons. The Morgan fingerprint density at radius 3 is 2.31 bits per heavy atom. The average Bonchev–Trinajstić information content (AvgIpc) is 3.55. The van der Waals surface area contributed by atoms with Gasteiger partial charge in [-0.3, -0.25) is 9.59 Å². The number of nitrogens with zero attached hydrogens (tertiary/aromatic N) is 1. The minimum Gasteiger partial charge on any atom is -0.497 e. The van der Waals surface area contributed by atoms with E-state index < -0.39 is 23.5 Å². The van der Waals surface area contributed by atoms with Crippen LogP contribution in [0.1, 0.15) is 18.5 Å². The summed E-state index contributed by atoms with van der Waals surface area (Å²) in [5, 5.41) is 2.93. The molecule has 3 aliphatic rings. The van der Waals surface area contributed by atoms with Crippen molar-refractivity contribution in [2.24, 2.45) is 11.8 Å². The first kappa shape index (κ1) is 24.0. The van der Waals surface area contributed by atoms with Crippen molar-refractivity contribution in [2.45, 2.75) is 24.7 Å². The fourth-order valence-electron chi connectivity index (χ4n) is 5.60. The average molecular weight is 495 g/mol. The van der Waals surface area contributed by atoms with E-state index >= 15 is 0 Å². The molecular formula is C27H30N2O7. The summed E-state index contributed by atoms with van der Waals surface area (Å²) in [7, 11) is 6.15. The Labute approximate surface area is 209 Å². The second-order valence-corrected chi connectivity index (χ2v) is 9.22. The summed E-state index contributed by atoms with van der Waals surface area (Å²) in [6.45, 7) is 2.38. The number of carbonyl (C=O) groups excluding carboxylic acids is 2. The van der Waals surface area contributed by atoms with Gasteiger partial charge < -0.3 is 33.9 Å². The number of fused-ring (bicyclic) bond motifs is 1. The number of rotatable bonds is 8. The lowest BCUT2D eigenvalue weighted by atomic mass is 9.76. The minimum absolute atomic E-state index is 0.0878. The van der Waals surface area contributed by atoms with Gasteiger partial charge in [0.1, 0.15) is 11.4 Å². The summed E-state index contributed by atoms with van der Waals surface area (Å²) in [6, 6.07) is 10.8. The molecule has 3 aliphatic heterocycles. The molecule has 36 heavy (non-hydrogen) atoms. The van der Waals surface area contributed by atoms with Crippen LogP contribution in [0.5, 0.6) is 23.0 Å². The molecule has 3 heterocycles. The molecule has 5 atom stereocenters. The van der Waals surface area contributed by atoms with Gasteiger partial charge in [0.2, 0.25) is 17.6 Å². The zero-order valence-electron chi connectivity index (χ0n) is 20.9. The molecule has 9 nitrogen and oxygen atoms in total. The molecular weight excluding hydrogens is 464 g/mol. The number of anilines is 1. The summed E-state index contributed by atoms with van der Waals surface area (Å²) >= 11 is 0. The van der Waals surface area contributed by atoms with Crippen LogP contribution in [0.3, 0.4) is 0 Å². The number of hydrogen-bond donors (Lipinski definition) is 1. The van der Waals surface area contributed by atoms with E-state index in [1.807, 2.05) is 43.3 Å². The molecule has 9 heteroatoms. The number of benzene rings is 2. The van der Waals surface area contributed by atoms with Crippen molar-refractivity contribution in [1.82, 2.24) is 4.90 Å². The van der Waals surface area contributed by atoms with Gasteiger partial charge in [-0.1, -0.05) is 24.3 Å². The number of ether oxygens (including phenoxy) is 5. The molecule has 1 spiro atoms. The van der Waals surface area contributed by atoms with Crippen LogP contribution in [-0.2, 0) is 14.3 Å². The first-order valence-electron chi connectivity index (χ1n) is 11.8. The third-order valence-corrected chi connectivity index (χ3v) is 7.43. The van der Waals surface area contributed by atoms with Crippen LogP contribution in [0.4, 0.5) is 5.69 Å². The smallest absolute Gasteiger partial charge is 0.231 e. The maximum Gasteiger partial charge on any atom is 0.231 e. The summed E-state index contributed by atoms with van der Waals surface area (Å²) < 4.78 is 27.7. The molecule has 2 aromatic rings. The highest BCUT2D eigenvalue weighted by Crippen LogP contribution is 2.53. The largest absolute Gasteiger partial charge is 0.497 e. The van der Waals surface area contributed by atoms with Gasteiger partial charge in [-0.25, -0.2) is 0 Å². The van der Waals surface area contributed by atoms with E-state index in [1.54, 1.807) is 24.1 Å². The van der Waals surface area contributed by atoms with Crippen LogP contribution >= 0.6 is 0 Å². The highest BCUT2D eigenvalue weighted by molar-refractivity contribution is 5.99. The highest BCUT2D eigenvalue weighted by Gasteiger charge is 2.67. The molecule has 2 saturated heterocycles. The number of methoxy groups -OCH3 is 4. The molecule has 190 valence electrons. The lowest BCUT2D eigenvalue weighted by Crippen LogP contribution is -2.41. The second-order valence-electron chi connectivity index (χ2n) is 9.22. The Hall–Kier alpha value is -3.72. The van der Waals surface area contributed by atoms with Crippen molar-refractivity contribution in [3.8, 4) is 23.0 Å². The van der Waals surface area contributed by atoms with Crippen molar-refractivity contribution in [3.05, 3.63) is 54.1 Å². The third-order valence-electron chi connectivity index (χ3n) is 7.43. The van der Waals surface area contributed by atoms with Gasteiger partial charge in [0.25, 0.3) is 0 Å². The fourth-order valence-corrected chi connectivity index (χ4v) is 5.60. The highest BCUT2D eigenvalue weighted by atomic mass is 16.5. The van der Waals surface area contributed by atoms with Crippen molar-refractivity contribution in [3.63, 3.8) is 0 Å². The summed E-state index contributed by atoms with van der Waals surface area (Å²) in [4.78, 5) is 29.1. The van der Waals surface area contributed by atoms with E-state index in [2.05, 4.69) is 5.32 Å². The van der Waals surface area contributed by atoms with E-state index in [1.165, 1.54) is 21.3 Å². The first-order valence-corrected chi connectivity index (χ1v) is 11.8. The Bertz CT molecular complexity index is 1190. The van der Waals surface area contributed by atoms with Gasteiger partial charge in [0, 0.05) is 17.8 Å². The molecule has 0 saturated carbocycles. The normalized spacial score (nSPS) is 26.5. The van der Waals surface area contributed by atoms with E-state index in [9.17, 15) is 9.59 Å². The number of nitrogens with one attached hydrogen (secondary N) is 1. The van der Waals surface area contributed by atoms with Crippen LogP contribution in [-0.4, -0.2) is 63.4 Å².